The summed E-state index contributed by atoms with van der Waals surface area (Å²) in [7, 11) is 0. The molecule has 24 nitrogen and oxygen atoms in total. The number of phenolic OH excluding ortho intramolecular Hbond substituents is 2. The summed E-state index contributed by atoms with van der Waals surface area (Å²) >= 11 is 0.551. The van der Waals surface area contributed by atoms with Crippen molar-refractivity contribution in [2.45, 2.75) is 125 Å². The van der Waals surface area contributed by atoms with Crippen molar-refractivity contribution in [3.05, 3.63) is 22.6 Å². The second kappa shape index (κ2) is 21.0. The number of thioether (sulfide) groups is 2. The van der Waals surface area contributed by atoms with Crippen LogP contribution >= 0.6 is 23.5 Å². The Hall–Kier alpha value is -6.12. The summed E-state index contributed by atoms with van der Waals surface area (Å²) < 4.78 is 55.2. The molecule has 1 aliphatic carbocycles. The van der Waals surface area contributed by atoms with Crippen LogP contribution < -0.4 is 0 Å². The molecule has 6 unspecified atom stereocenters. The van der Waals surface area contributed by atoms with Crippen LogP contribution in [-0.4, -0.2) is 153 Å². The molecule has 2 aliphatic heterocycles. The fraction of sp³-hybridized carbons (Fsp3) is 0.526. The molecular formula is C38H42O24S2. The van der Waals surface area contributed by atoms with Crippen LogP contribution in [0.1, 0.15) is 76.1 Å². The molecule has 2 saturated heterocycles. The summed E-state index contributed by atoms with van der Waals surface area (Å²) in [5.74, 6) is -16.5. The first-order valence-corrected chi connectivity index (χ1v) is 20.4. The maximum Gasteiger partial charge on any atom is 0.303 e. The number of carbonyl (C=O) groups is 10. The highest BCUT2D eigenvalue weighted by Gasteiger charge is 2.55. The molecule has 1 aromatic rings. The van der Waals surface area contributed by atoms with Gasteiger partial charge in [0.1, 0.15) is 47.8 Å². The Morgan fingerprint density at radius 3 is 0.969 bits per heavy atom. The number of allylic oxidation sites excluding steroid dienone is 2. The van der Waals surface area contributed by atoms with Crippen molar-refractivity contribution in [1.82, 2.24) is 0 Å². The molecule has 2 fully saturated rings. The lowest BCUT2D eigenvalue weighted by atomic mass is 9.90. The van der Waals surface area contributed by atoms with E-state index in [1.807, 2.05) is 0 Å². The Labute approximate surface area is 370 Å². The first-order valence-electron chi connectivity index (χ1n) is 18.6. The van der Waals surface area contributed by atoms with Crippen LogP contribution in [0.3, 0.4) is 0 Å². The number of aliphatic hydroxyl groups excluding tert-OH is 2. The molecule has 4 N–H and O–H groups in total. The molecular weight excluding hydrogens is 905 g/mol. The highest BCUT2D eigenvalue weighted by atomic mass is 32.2. The van der Waals surface area contributed by atoms with Crippen LogP contribution in [0.2, 0.25) is 0 Å². The molecule has 0 aromatic heterocycles. The lowest BCUT2D eigenvalue weighted by Gasteiger charge is -2.45. The zero-order valence-corrected chi connectivity index (χ0v) is 36.6. The third kappa shape index (κ3) is 11.7. The topological polar surface area (TPSA) is 344 Å². The molecule has 1 aromatic carbocycles. The molecule has 0 saturated carbocycles. The van der Waals surface area contributed by atoms with Crippen LogP contribution in [0.4, 0.5) is 0 Å². The van der Waals surface area contributed by atoms with Gasteiger partial charge in [-0.25, -0.2) is 0 Å². The van der Waals surface area contributed by atoms with Gasteiger partial charge < -0.3 is 67.8 Å². The summed E-state index contributed by atoms with van der Waals surface area (Å²) in [6, 6.07) is 0. The highest BCUT2D eigenvalue weighted by Crippen LogP contribution is 2.54. The molecule has 0 amide bonds. The van der Waals surface area contributed by atoms with Crippen LogP contribution in [0, 0.1) is 0 Å². The van der Waals surface area contributed by atoms with E-state index < -0.39 is 176 Å². The first kappa shape index (κ1) is 50.5. The quantitative estimate of drug-likeness (QED) is 0.115. The average molecular weight is 947 g/mol. The van der Waals surface area contributed by atoms with Gasteiger partial charge in [-0.1, -0.05) is 23.5 Å². The Morgan fingerprint density at radius 1 is 0.438 bits per heavy atom. The number of ketones is 2. The summed E-state index contributed by atoms with van der Waals surface area (Å²) in [5, 5.41) is 44.8. The van der Waals surface area contributed by atoms with Gasteiger partial charge in [-0.3, -0.25) is 47.9 Å². The number of hydrogen-bond donors (Lipinski definition) is 4. The van der Waals surface area contributed by atoms with Gasteiger partial charge in [0.05, 0.1) is 20.9 Å². The molecule has 0 bridgehead atoms. The number of Topliss-reactive ketones (excluding diaryl/α,β-unsaturated/α-hetero) is 2. The van der Waals surface area contributed by atoms with E-state index >= 15 is 0 Å². The van der Waals surface area contributed by atoms with E-state index in [-0.39, 0.29) is 23.5 Å². The van der Waals surface area contributed by atoms with Gasteiger partial charge in [-0.2, -0.15) is 0 Å². The van der Waals surface area contributed by atoms with E-state index in [4.69, 9.17) is 47.4 Å². The predicted octanol–water partition coefficient (Wildman–Crippen LogP) is 1.15. The second-order valence-corrected chi connectivity index (χ2v) is 16.0. The number of phenols is 2. The van der Waals surface area contributed by atoms with E-state index in [2.05, 4.69) is 0 Å². The zero-order chi connectivity index (χ0) is 48.1. The number of carbonyl (C=O) groups excluding carboxylic acids is 10. The molecule has 2 heterocycles. The first-order chi connectivity index (χ1) is 29.8. The number of aliphatic hydroxyl groups is 2. The Morgan fingerprint density at radius 2 is 0.703 bits per heavy atom. The van der Waals surface area contributed by atoms with Crippen LogP contribution in [-0.2, 0) is 85.7 Å². The summed E-state index contributed by atoms with van der Waals surface area (Å²) in [6.45, 7) is 6.31. The lowest BCUT2D eigenvalue weighted by Crippen LogP contribution is -2.61. The van der Waals surface area contributed by atoms with Gasteiger partial charge in [-0.15, -0.1) is 0 Å². The monoisotopic (exact) mass is 946 g/mol. The van der Waals surface area contributed by atoms with Crippen molar-refractivity contribution in [2.24, 2.45) is 0 Å². The van der Waals surface area contributed by atoms with Crippen LogP contribution in [0.25, 0.3) is 0 Å². The number of rotatable bonds is 14. The maximum absolute atomic E-state index is 13.5. The van der Waals surface area contributed by atoms with Crippen molar-refractivity contribution < 1.29 is 116 Å². The highest BCUT2D eigenvalue weighted by molar-refractivity contribution is 8.03. The van der Waals surface area contributed by atoms with E-state index in [0.717, 1.165) is 55.4 Å². The minimum Gasteiger partial charge on any atom is -0.506 e. The van der Waals surface area contributed by atoms with Gasteiger partial charge in [0, 0.05) is 55.4 Å². The Balaban J connectivity index is 2.04. The number of ether oxygens (including phenoxy) is 10. The third-order valence-corrected chi connectivity index (χ3v) is 11.5. The fourth-order valence-electron chi connectivity index (χ4n) is 6.59. The molecule has 26 heteroatoms. The zero-order valence-electron chi connectivity index (χ0n) is 35.0. The number of benzene rings is 1. The SMILES string of the molecule is CC(=O)OCC1O[C@@H](Sc2c(O)c3c(c(O)c2S[C@@H]2OC(COC(C)=O)[C@H](OC(C)=O)C(OC(C)=O)C2OC(C)=O)C(=O)C(O)=C(O)C3=O)C(OC(C)=O)C(OC(C)=O)[C@H]1OC(C)=O. The van der Waals surface area contributed by atoms with Crippen LogP contribution in [0.5, 0.6) is 11.5 Å². The van der Waals surface area contributed by atoms with Gasteiger partial charge in [0.25, 0.3) is 0 Å². The molecule has 4 rings (SSSR count). The van der Waals surface area contributed by atoms with Gasteiger partial charge in [0.2, 0.25) is 23.1 Å². The number of aromatic hydroxyl groups is 2. The molecule has 3 aliphatic rings. The van der Waals surface area contributed by atoms with Gasteiger partial charge in [-0.05, 0) is 0 Å². The number of hydrogen-bond acceptors (Lipinski definition) is 26. The van der Waals surface area contributed by atoms with Crippen molar-refractivity contribution in [2.75, 3.05) is 13.2 Å². The minimum absolute atomic E-state index is 0.275. The van der Waals surface area contributed by atoms with Gasteiger partial charge in [0.15, 0.2) is 36.6 Å². The number of esters is 8. The summed E-state index contributed by atoms with van der Waals surface area (Å²) in [4.78, 5) is 124. The summed E-state index contributed by atoms with van der Waals surface area (Å²) in [6.07, 6.45) is -13.7. The largest absolute Gasteiger partial charge is 0.506 e. The van der Waals surface area contributed by atoms with E-state index in [1.54, 1.807) is 0 Å². The second-order valence-electron chi connectivity index (χ2n) is 13.8. The lowest BCUT2D eigenvalue weighted by molar-refractivity contribution is -0.237. The van der Waals surface area contributed by atoms with E-state index in [0.29, 0.717) is 0 Å². The van der Waals surface area contributed by atoms with Crippen molar-refractivity contribution in [3.63, 3.8) is 0 Å². The third-order valence-electron chi connectivity index (χ3n) is 8.83. The normalized spacial score (nSPS) is 26.4. The Bertz CT molecular complexity index is 2000. The molecule has 0 radical (unpaired) electrons. The Kier molecular flexibility index (Phi) is 16.6. The fourth-order valence-corrected chi connectivity index (χ4v) is 9.26. The minimum atomic E-state index is -1.85. The van der Waals surface area contributed by atoms with E-state index in [9.17, 15) is 68.4 Å². The van der Waals surface area contributed by atoms with Gasteiger partial charge >= 0.3 is 47.8 Å². The van der Waals surface area contributed by atoms with E-state index in [1.165, 1.54) is 0 Å². The maximum atomic E-state index is 13.5. The predicted molar refractivity (Wildman–Crippen MR) is 206 cm³/mol. The average Bonchev–Trinajstić information content (AvgIpc) is 3.17. The molecule has 10 atom stereocenters. The summed E-state index contributed by atoms with van der Waals surface area (Å²) in [5.41, 5.74) is -5.80. The van der Waals surface area contributed by atoms with Crippen LogP contribution in [0.15, 0.2) is 21.3 Å². The number of fused-ring (bicyclic) bond motifs is 1. The molecule has 64 heavy (non-hydrogen) atoms. The van der Waals surface area contributed by atoms with Crippen molar-refractivity contribution in [3.8, 4) is 11.5 Å². The van der Waals surface area contributed by atoms with Crippen molar-refractivity contribution in [1.29, 1.82) is 0 Å². The molecule has 350 valence electrons. The smallest absolute Gasteiger partial charge is 0.303 e. The molecule has 0 spiro atoms. The standard InChI is InChI=1S/C38H42O24S2/c1-11(39)53-9-19-29(55-13(3)41)31(57-15(5)43)33(59-17(7)45)37(61-19)63-35-25(49)21-22(24(48)28(52)27(51)23(21)47)26(50)36(35)64-38-34(60-18(8)46)32(58-16(6)44)30(56-14(4)42)20(62-38)10-54-12(2)40/h19-20,29-34,37-38,49-52H,9-10H2,1-8H3/t19?,20?,29-,30-,31?,32?,33?,34?,37-,38-/m0/s1. The van der Waals surface area contributed by atoms with Crippen molar-refractivity contribution >= 4 is 82.8 Å².